The zero-order valence-electron chi connectivity index (χ0n) is 12.6. The van der Waals surface area contributed by atoms with E-state index in [2.05, 4.69) is 22.5 Å². The zero-order valence-corrected chi connectivity index (χ0v) is 13.4. The fourth-order valence-electron chi connectivity index (χ4n) is 3.41. The number of piperazine rings is 1. The summed E-state index contributed by atoms with van der Waals surface area (Å²) >= 11 is 5.94. The van der Waals surface area contributed by atoms with Gasteiger partial charge in [0.15, 0.2) is 0 Å². The molecule has 2 saturated heterocycles. The molecule has 2 heterocycles. The molecular weight excluding hydrogens is 302 g/mol. The number of nitrogens with zero attached hydrogens (tertiary/aromatic N) is 1. The Labute approximate surface area is 135 Å². The number of carboxylic acids is 1. The molecule has 5 nitrogen and oxygen atoms in total. The Hall–Kier alpha value is -1.14. The molecule has 0 radical (unpaired) electrons. The van der Waals surface area contributed by atoms with Crippen LogP contribution in [0.5, 0.6) is 0 Å². The number of carbonyl (C=O) groups is 1. The molecule has 4 unspecified atom stereocenters. The van der Waals surface area contributed by atoms with Gasteiger partial charge in [-0.05, 0) is 24.6 Å². The summed E-state index contributed by atoms with van der Waals surface area (Å²) < 4.78 is 0. The lowest BCUT2D eigenvalue weighted by Gasteiger charge is -2.35. The Kier molecular flexibility index (Phi) is 4.68. The molecule has 22 heavy (non-hydrogen) atoms. The topological polar surface area (TPSA) is 64.6 Å². The van der Waals surface area contributed by atoms with Crippen LogP contribution in [0.15, 0.2) is 24.3 Å². The van der Waals surface area contributed by atoms with E-state index >= 15 is 0 Å². The van der Waals surface area contributed by atoms with Crippen LogP contribution >= 0.6 is 11.6 Å². The maximum Gasteiger partial charge on any atom is 0.308 e. The second kappa shape index (κ2) is 6.54. The number of nitrogens with one attached hydrogen (secondary N) is 2. The lowest BCUT2D eigenvalue weighted by atomic mass is 9.89. The van der Waals surface area contributed by atoms with Crippen LogP contribution in [0.3, 0.4) is 0 Å². The van der Waals surface area contributed by atoms with Gasteiger partial charge in [0, 0.05) is 43.2 Å². The van der Waals surface area contributed by atoms with E-state index in [-0.39, 0.29) is 18.0 Å². The highest BCUT2D eigenvalue weighted by molar-refractivity contribution is 6.30. The summed E-state index contributed by atoms with van der Waals surface area (Å²) in [6, 6.07) is 8.02. The summed E-state index contributed by atoms with van der Waals surface area (Å²) in [5, 5.41) is 17.2. The van der Waals surface area contributed by atoms with Crippen LogP contribution in [0.25, 0.3) is 0 Å². The van der Waals surface area contributed by atoms with Gasteiger partial charge in [0.1, 0.15) is 0 Å². The molecule has 0 amide bonds. The van der Waals surface area contributed by atoms with Crippen LogP contribution in [-0.4, -0.2) is 54.4 Å². The van der Waals surface area contributed by atoms with Crippen molar-refractivity contribution in [2.75, 3.05) is 26.2 Å². The Morgan fingerprint density at radius 1 is 1.23 bits per heavy atom. The van der Waals surface area contributed by atoms with Gasteiger partial charge >= 0.3 is 5.97 Å². The summed E-state index contributed by atoms with van der Waals surface area (Å²) in [6.45, 7) is 5.23. The summed E-state index contributed by atoms with van der Waals surface area (Å²) in [5.74, 6) is -1.09. The first-order chi connectivity index (χ1) is 10.5. The minimum absolute atomic E-state index is 0.0101. The molecule has 2 aliphatic heterocycles. The molecule has 0 aromatic heterocycles. The zero-order chi connectivity index (χ0) is 15.7. The van der Waals surface area contributed by atoms with E-state index in [1.807, 2.05) is 24.3 Å². The SMILES string of the molecule is CC1CNC(N2CC(C(=O)O)C(c3ccc(Cl)cc3)C2)CN1. The highest BCUT2D eigenvalue weighted by atomic mass is 35.5. The van der Waals surface area contributed by atoms with Crippen molar-refractivity contribution in [3.05, 3.63) is 34.9 Å². The number of benzene rings is 1. The average Bonchev–Trinajstić information content (AvgIpc) is 2.94. The van der Waals surface area contributed by atoms with E-state index < -0.39 is 5.97 Å². The third kappa shape index (κ3) is 3.27. The molecule has 1 aromatic rings. The van der Waals surface area contributed by atoms with Gasteiger partial charge in [-0.2, -0.15) is 0 Å². The van der Waals surface area contributed by atoms with Crippen molar-refractivity contribution in [3.8, 4) is 0 Å². The molecule has 0 bridgehead atoms. The summed E-state index contributed by atoms with van der Waals surface area (Å²) in [7, 11) is 0. The van der Waals surface area contributed by atoms with Crippen molar-refractivity contribution < 1.29 is 9.90 Å². The molecule has 2 fully saturated rings. The molecular formula is C16H22ClN3O2. The first kappa shape index (κ1) is 15.7. The predicted molar refractivity (Wildman–Crippen MR) is 86.1 cm³/mol. The first-order valence-corrected chi connectivity index (χ1v) is 8.11. The number of halogens is 1. The summed E-state index contributed by atoms with van der Waals surface area (Å²) in [4.78, 5) is 13.9. The number of rotatable bonds is 3. The lowest BCUT2D eigenvalue weighted by Crippen LogP contribution is -2.59. The normalized spacial score (nSPS) is 33.0. The van der Waals surface area contributed by atoms with Gasteiger partial charge in [-0.15, -0.1) is 0 Å². The Balaban J connectivity index is 1.75. The van der Waals surface area contributed by atoms with E-state index in [4.69, 9.17) is 11.6 Å². The fourth-order valence-corrected chi connectivity index (χ4v) is 3.54. The van der Waals surface area contributed by atoms with Crippen LogP contribution in [0.2, 0.25) is 5.02 Å². The average molecular weight is 324 g/mol. The Morgan fingerprint density at radius 2 is 1.95 bits per heavy atom. The van der Waals surface area contributed by atoms with Crippen LogP contribution in [-0.2, 0) is 4.79 Å². The van der Waals surface area contributed by atoms with Crippen molar-refractivity contribution in [1.29, 1.82) is 0 Å². The van der Waals surface area contributed by atoms with E-state index in [0.717, 1.165) is 25.2 Å². The van der Waals surface area contributed by atoms with Crippen LogP contribution in [0, 0.1) is 5.92 Å². The predicted octanol–water partition coefficient (Wildman–Crippen LogP) is 1.35. The van der Waals surface area contributed by atoms with E-state index in [1.54, 1.807) is 0 Å². The van der Waals surface area contributed by atoms with Gasteiger partial charge in [-0.25, -0.2) is 0 Å². The standard InChI is InChI=1S/C16H22ClN3O2/c1-10-6-19-15(7-18-10)20-8-13(14(9-20)16(21)22)11-2-4-12(17)5-3-11/h2-5,10,13-15,18-19H,6-9H2,1H3,(H,21,22). The van der Waals surface area contributed by atoms with Crippen LogP contribution < -0.4 is 10.6 Å². The van der Waals surface area contributed by atoms with Crippen molar-refractivity contribution >= 4 is 17.6 Å². The van der Waals surface area contributed by atoms with Gasteiger partial charge in [0.25, 0.3) is 0 Å². The Bertz CT molecular complexity index is 529. The Morgan fingerprint density at radius 3 is 2.55 bits per heavy atom. The molecule has 3 N–H and O–H groups in total. The largest absolute Gasteiger partial charge is 0.481 e. The number of carboxylic acid groups (broad SMARTS) is 1. The lowest BCUT2D eigenvalue weighted by molar-refractivity contribution is -0.141. The molecule has 120 valence electrons. The van der Waals surface area contributed by atoms with Gasteiger partial charge < -0.3 is 10.4 Å². The number of likely N-dealkylation sites (tertiary alicyclic amines) is 1. The summed E-state index contributed by atoms with van der Waals surface area (Å²) in [5.41, 5.74) is 1.05. The molecule has 2 aliphatic rings. The smallest absolute Gasteiger partial charge is 0.308 e. The van der Waals surface area contributed by atoms with Crippen LogP contribution in [0.1, 0.15) is 18.4 Å². The molecule has 0 aliphatic carbocycles. The van der Waals surface area contributed by atoms with Gasteiger partial charge in [0.05, 0.1) is 12.1 Å². The first-order valence-electron chi connectivity index (χ1n) is 7.73. The van der Waals surface area contributed by atoms with E-state index in [9.17, 15) is 9.90 Å². The minimum atomic E-state index is -0.723. The minimum Gasteiger partial charge on any atom is -0.481 e. The maximum atomic E-state index is 11.6. The quantitative estimate of drug-likeness (QED) is 0.783. The molecule has 0 saturated carbocycles. The third-order valence-electron chi connectivity index (χ3n) is 4.72. The molecule has 3 rings (SSSR count). The fraction of sp³-hybridized carbons (Fsp3) is 0.562. The monoisotopic (exact) mass is 323 g/mol. The maximum absolute atomic E-state index is 11.6. The third-order valence-corrected chi connectivity index (χ3v) is 4.98. The molecule has 0 spiro atoms. The second-order valence-electron chi connectivity index (χ2n) is 6.29. The van der Waals surface area contributed by atoms with E-state index in [1.165, 1.54) is 0 Å². The summed E-state index contributed by atoms with van der Waals surface area (Å²) in [6.07, 6.45) is 0.204. The highest BCUT2D eigenvalue weighted by Gasteiger charge is 2.41. The van der Waals surface area contributed by atoms with Gasteiger partial charge in [-0.3, -0.25) is 15.0 Å². The second-order valence-corrected chi connectivity index (χ2v) is 6.73. The van der Waals surface area contributed by atoms with Crippen molar-refractivity contribution in [3.63, 3.8) is 0 Å². The van der Waals surface area contributed by atoms with Crippen LogP contribution in [0.4, 0.5) is 0 Å². The van der Waals surface area contributed by atoms with Crippen molar-refractivity contribution in [2.24, 2.45) is 5.92 Å². The van der Waals surface area contributed by atoms with Crippen molar-refractivity contribution in [1.82, 2.24) is 15.5 Å². The molecule has 4 atom stereocenters. The van der Waals surface area contributed by atoms with Gasteiger partial charge in [-0.1, -0.05) is 23.7 Å². The van der Waals surface area contributed by atoms with E-state index in [0.29, 0.717) is 17.6 Å². The highest BCUT2D eigenvalue weighted by Crippen LogP contribution is 2.34. The van der Waals surface area contributed by atoms with Gasteiger partial charge in [0.2, 0.25) is 0 Å². The molecule has 1 aromatic carbocycles. The molecule has 6 heteroatoms. The number of aliphatic carboxylic acids is 1. The number of hydrogen-bond donors (Lipinski definition) is 3. The number of hydrogen-bond acceptors (Lipinski definition) is 4. The van der Waals surface area contributed by atoms with Crippen molar-refractivity contribution in [2.45, 2.75) is 25.0 Å².